The van der Waals surface area contributed by atoms with Crippen molar-refractivity contribution in [2.24, 2.45) is 0 Å². The molecule has 0 unspecified atom stereocenters. The summed E-state index contributed by atoms with van der Waals surface area (Å²) in [6.45, 7) is 1.99. The maximum Gasteiger partial charge on any atom is 0.150 e. The average molecular weight is 264 g/mol. The van der Waals surface area contributed by atoms with Gasteiger partial charge in [0.25, 0.3) is 0 Å². The van der Waals surface area contributed by atoms with Gasteiger partial charge in [-0.15, -0.1) is 11.3 Å². The smallest absolute Gasteiger partial charge is 0.150 e. The first-order valence-electron chi connectivity index (χ1n) is 5.15. The average Bonchev–Trinajstić information content (AvgIpc) is 2.85. The lowest BCUT2D eigenvalue weighted by atomic mass is 10.3. The molecule has 0 bridgehead atoms. The molecule has 3 rings (SSSR count). The normalized spacial score (nSPS) is 11.2. The second-order valence-electron chi connectivity index (χ2n) is 3.88. The number of nitrogen functional groups attached to an aromatic ring is 1. The van der Waals surface area contributed by atoms with Crippen LogP contribution >= 0.6 is 22.9 Å². The van der Waals surface area contributed by atoms with E-state index in [9.17, 15) is 0 Å². The molecule has 0 spiro atoms. The highest BCUT2D eigenvalue weighted by molar-refractivity contribution is 7.14. The maximum atomic E-state index is 6.09. The Bertz CT molecular complexity index is 699. The van der Waals surface area contributed by atoms with E-state index in [4.69, 9.17) is 17.3 Å². The number of thiophene rings is 1. The zero-order valence-corrected chi connectivity index (χ0v) is 10.7. The van der Waals surface area contributed by atoms with Gasteiger partial charge in [0.05, 0.1) is 21.1 Å². The fraction of sp³-hybridized carbons (Fsp3) is 0.0833. The number of aryl methyl sites for hydroxylation is 1. The minimum atomic E-state index is 0.650. The number of anilines is 1. The van der Waals surface area contributed by atoms with Crippen molar-refractivity contribution in [3.8, 4) is 10.7 Å². The fourth-order valence-corrected chi connectivity index (χ4v) is 2.88. The molecule has 0 aliphatic carbocycles. The molecular weight excluding hydrogens is 254 g/mol. The molecule has 0 aliphatic heterocycles. The predicted octanol–water partition coefficient (Wildman–Crippen LogP) is 3.84. The van der Waals surface area contributed by atoms with Gasteiger partial charge in [-0.3, -0.25) is 0 Å². The van der Waals surface area contributed by atoms with Crippen molar-refractivity contribution in [1.29, 1.82) is 0 Å². The van der Waals surface area contributed by atoms with E-state index in [1.165, 1.54) is 0 Å². The van der Waals surface area contributed by atoms with Crippen LogP contribution in [0.1, 0.15) is 5.56 Å². The number of aromatic amines is 1. The van der Waals surface area contributed by atoms with Crippen LogP contribution in [0.5, 0.6) is 0 Å². The maximum absolute atomic E-state index is 6.09. The van der Waals surface area contributed by atoms with Crippen molar-refractivity contribution >= 4 is 39.7 Å². The van der Waals surface area contributed by atoms with E-state index in [0.29, 0.717) is 5.02 Å². The van der Waals surface area contributed by atoms with Gasteiger partial charge in [0.2, 0.25) is 0 Å². The Morgan fingerprint density at radius 1 is 1.41 bits per heavy atom. The number of aromatic nitrogens is 2. The molecule has 0 aliphatic rings. The number of fused-ring (bicyclic) bond motifs is 1. The number of H-pyrrole nitrogens is 1. The molecule has 0 atom stereocenters. The molecule has 0 radical (unpaired) electrons. The third kappa shape index (κ3) is 1.61. The Balaban J connectivity index is 2.25. The number of imidazole rings is 1. The van der Waals surface area contributed by atoms with E-state index in [0.717, 1.165) is 33.0 Å². The highest BCUT2D eigenvalue weighted by atomic mass is 35.5. The summed E-state index contributed by atoms with van der Waals surface area (Å²) in [7, 11) is 0. The molecule has 3 aromatic rings. The van der Waals surface area contributed by atoms with Gasteiger partial charge in [0.15, 0.2) is 5.82 Å². The minimum absolute atomic E-state index is 0.650. The van der Waals surface area contributed by atoms with Crippen LogP contribution in [0.2, 0.25) is 5.02 Å². The van der Waals surface area contributed by atoms with Gasteiger partial charge in [-0.25, -0.2) is 4.98 Å². The number of halogens is 1. The second-order valence-corrected chi connectivity index (χ2v) is 5.17. The Morgan fingerprint density at radius 3 is 2.88 bits per heavy atom. The van der Waals surface area contributed by atoms with Gasteiger partial charge in [-0.2, -0.15) is 0 Å². The monoisotopic (exact) mass is 263 g/mol. The van der Waals surface area contributed by atoms with E-state index in [1.54, 1.807) is 11.3 Å². The van der Waals surface area contributed by atoms with Crippen LogP contribution in [0.4, 0.5) is 5.69 Å². The molecule has 17 heavy (non-hydrogen) atoms. The lowest BCUT2D eigenvalue weighted by molar-refractivity contribution is 1.35. The standard InChI is InChI=1S/C12H10ClN3S/c1-6-5-17-11(9(6)14)12-15-8-4-2-3-7(13)10(8)16-12/h2-5H,14H2,1H3,(H,15,16). The molecule has 2 heterocycles. The lowest BCUT2D eigenvalue weighted by Gasteiger charge is -1.94. The van der Waals surface area contributed by atoms with Gasteiger partial charge >= 0.3 is 0 Å². The number of para-hydroxylation sites is 1. The first-order valence-corrected chi connectivity index (χ1v) is 6.41. The number of rotatable bonds is 1. The van der Waals surface area contributed by atoms with Gasteiger partial charge in [-0.1, -0.05) is 17.7 Å². The van der Waals surface area contributed by atoms with E-state index < -0.39 is 0 Å². The molecule has 3 N–H and O–H groups in total. The number of hydrogen-bond donors (Lipinski definition) is 2. The lowest BCUT2D eigenvalue weighted by Crippen LogP contribution is -1.88. The number of nitrogens with two attached hydrogens (primary N) is 1. The van der Waals surface area contributed by atoms with Crippen molar-refractivity contribution in [2.75, 3.05) is 5.73 Å². The largest absolute Gasteiger partial charge is 0.397 e. The summed E-state index contributed by atoms with van der Waals surface area (Å²) < 4.78 is 0. The van der Waals surface area contributed by atoms with Crippen LogP contribution in [-0.4, -0.2) is 9.97 Å². The number of hydrogen-bond acceptors (Lipinski definition) is 3. The Kier molecular flexibility index (Phi) is 2.34. The second kappa shape index (κ2) is 3.75. The van der Waals surface area contributed by atoms with Crippen molar-refractivity contribution in [3.05, 3.63) is 34.2 Å². The third-order valence-corrected chi connectivity index (χ3v) is 4.13. The summed E-state index contributed by atoms with van der Waals surface area (Å²) in [5.41, 5.74) is 9.59. The first kappa shape index (κ1) is 10.6. The van der Waals surface area contributed by atoms with Gasteiger partial charge in [0.1, 0.15) is 5.52 Å². The quantitative estimate of drug-likeness (QED) is 0.701. The van der Waals surface area contributed by atoms with Crippen molar-refractivity contribution in [1.82, 2.24) is 9.97 Å². The van der Waals surface area contributed by atoms with Crippen LogP contribution in [0, 0.1) is 6.92 Å². The van der Waals surface area contributed by atoms with Crippen LogP contribution in [0.3, 0.4) is 0 Å². The van der Waals surface area contributed by atoms with Gasteiger partial charge in [0, 0.05) is 0 Å². The number of benzene rings is 1. The number of nitrogens with zero attached hydrogens (tertiary/aromatic N) is 1. The zero-order chi connectivity index (χ0) is 12.0. The van der Waals surface area contributed by atoms with Crippen LogP contribution in [-0.2, 0) is 0 Å². The molecule has 3 nitrogen and oxygen atoms in total. The minimum Gasteiger partial charge on any atom is -0.397 e. The molecule has 0 fully saturated rings. The molecule has 5 heteroatoms. The summed E-state index contributed by atoms with van der Waals surface area (Å²) in [5, 5.41) is 2.68. The predicted molar refractivity (Wildman–Crippen MR) is 73.6 cm³/mol. The third-order valence-electron chi connectivity index (χ3n) is 2.70. The van der Waals surface area contributed by atoms with Gasteiger partial charge in [-0.05, 0) is 30.0 Å². The highest BCUT2D eigenvalue weighted by Gasteiger charge is 2.13. The van der Waals surface area contributed by atoms with Crippen molar-refractivity contribution in [2.45, 2.75) is 6.92 Å². The molecule has 1 aromatic carbocycles. The van der Waals surface area contributed by atoms with Crippen LogP contribution in [0.15, 0.2) is 23.6 Å². The summed E-state index contributed by atoms with van der Waals surface area (Å²) in [6, 6.07) is 5.68. The fourth-order valence-electron chi connectivity index (χ4n) is 1.74. The molecule has 86 valence electrons. The Labute approximate surface area is 107 Å². The summed E-state index contributed by atoms with van der Waals surface area (Å²) in [5.74, 6) is 0.781. The first-order chi connectivity index (χ1) is 8.16. The summed E-state index contributed by atoms with van der Waals surface area (Å²) in [4.78, 5) is 8.71. The van der Waals surface area contributed by atoms with Crippen LogP contribution < -0.4 is 5.73 Å². The molecule has 2 aromatic heterocycles. The molecule has 0 amide bonds. The zero-order valence-electron chi connectivity index (χ0n) is 9.12. The molecule has 0 saturated heterocycles. The van der Waals surface area contributed by atoms with Crippen LogP contribution in [0.25, 0.3) is 21.7 Å². The Hall–Kier alpha value is -1.52. The van der Waals surface area contributed by atoms with Crippen molar-refractivity contribution < 1.29 is 0 Å². The van der Waals surface area contributed by atoms with E-state index in [-0.39, 0.29) is 0 Å². The highest BCUT2D eigenvalue weighted by Crippen LogP contribution is 2.34. The molecular formula is C12H10ClN3S. The van der Waals surface area contributed by atoms with E-state index in [1.807, 2.05) is 30.5 Å². The summed E-state index contributed by atoms with van der Waals surface area (Å²) in [6.07, 6.45) is 0. The van der Waals surface area contributed by atoms with E-state index >= 15 is 0 Å². The topological polar surface area (TPSA) is 54.7 Å². The Morgan fingerprint density at radius 2 is 2.24 bits per heavy atom. The van der Waals surface area contributed by atoms with Crippen molar-refractivity contribution in [3.63, 3.8) is 0 Å². The molecule has 0 saturated carbocycles. The summed E-state index contributed by atoms with van der Waals surface area (Å²) >= 11 is 7.68. The van der Waals surface area contributed by atoms with Gasteiger partial charge < -0.3 is 10.7 Å². The van der Waals surface area contributed by atoms with E-state index in [2.05, 4.69) is 9.97 Å². The SMILES string of the molecule is Cc1csc(-c2nc3c(Cl)cccc3[nH]2)c1N. The number of nitrogens with one attached hydrogen (secondary N) is 1.